The molecule has 0 bridgehead atoms. The third-order valence-corrected chi connectivity index (χ3v) is 4.65. The van der Waals surface area contributed by atoms with Crippen LogP contribution in [0, 0.1) is 0 Å². The number of carboxylic acids is 1. The molecule has 1 fully saturated rings. The Bertz CT molecular complexity index is 405. The molecule has 1 heterocycles. The van der Waals surface area contributed by atoms with Gasteiger partial charge in [-0.3, -0.25) is 0 Å². The van der Waals surface area contributed by atoms with E-state index in [9.17, 15) is 4.79 Å². The van der Waals surface area contributed by atoms with E-state index in [1.165, 1.54) is 6.42 Å². The molecular weight excluding hydrogens is 290 g/mol. The van der Waals surface area contributed by atoms with Crippen molar-refractivity contribution >= 4 is 33.7 Å². The number of hydrogen-bond donors (Lipinski definition) is 1. The minimum atomic E-state index is -0.849. The molecule has 1 saturated carbocycles. The van der Waals surface area contributed by atoms with Crippen LogP contribution in [-0.4, -0.2) is 27.1 Å². The quantitative estimate of drug-likeness (QED) is 0.930. The third-order valence-electron chi connectivity index (χ3n) is 3.12. The van der Waals surface area contributed by atoms with Crippen molar-refractivity contribution in [3.8, 4) is 0 Å². The highest BCUT2D eigenvalue weighted by Gasteiger charge is 2.27. The Morgan fingerprint density at radius 2 is 2.38 bits per heavy atom. The van der Waals surface area contributed by atoms with Gasteiger partial charge >= 0.3 is 5.97 Å². The minimum absolute atomic E-state index is 0.342. The molecule has 1 aromatic heterocycles. The van der Waals surface area contributed by atoms with Gasteiger partial charge in [0.25, 0.3) is 0 Å². The Labute approximate surface area is 107 Å². The maximum absolute atomic E-state index is 11.1. The second-order valence-corrected chi connectivity index (χ2v) is 6.13. The Hall–Kier alpha value is -0.420. The van der Waals surface area contributed by atoms with E-state index in [0.29, 0.717) is 17.0 Å². The van der Waals surface area contributed by atoms with E-state index in [1.54, 1.807) is 6.07 Å². The molecule has 0 spiro atoms. The second kappa shape index (κ2) is 4.84. The van der Waals surface area contributed by atoms with Crippen molar-refractivity contribution in [1.82, 2.24) is 4.57 Å². The first-order valence-electron chi connectivity index (χ1n) is 5.25. The lowest BCUT2D eigenvalue weighted by Gasteiger charge is -2.14. The Morgan fingerprint density at radius 3 is 2.94 bits per heavy atom. The van der Waals surface area contributed by atoms with Crippen LogP contribution < -0.4 is 0 Å². The standard InChI is InChI=1S/C11H14BrNO2S/c1-16-9-3-2-8(5-9)13-6-7(12)4-10(13)11(14)15/h4,6,8-9H,2-3,5H2,1H3,(H,14,15). The molecule has 1 N–H and O–H groups in total. The van der Waals surface area contributed by atoms with Crippen molar-refractivity contribution in [3.05, 3.63) is 22.4 Å². The molecule has 1 aromatic rings. The first kappa shape index (κ1) is 12.0. The highest BCUT2D eigenvalue weighted by molar-refractivity contribution is 9.10. The first-order chi connectivity index (χ1) is 7.61. The van der Waals surface area contributed by atoms with Gasteiger partial charge < -0.3 is 9.67 Å². The van der Waals surface area contributed by atoms with Crippen LogP contribution in [0.3, 0.4) is 0 Å². The molecule has 2 rings (SSSR count). The molecule has 88 valence electrons. The second-order valence-electron chi connectivity index (χ2n) is 4.08. The van der Waals surface area contributed by atoms with Crippen molar-refractivity contribution in [2.45, 2.75) is 30.6 Å². The number of thioether (sulfide) groups is 1. The number of aromatic nitrogens is 1. The molecule has 0 radical (unpaired) electrons. The molecule has 16 heavy (non-hydrogen) atoms. The summed E-state index contributed by atoms with van der Waals surface area (Å²) in [7, 11) is 0. The van der Waals surface area contributed by atoms with Gasteiger partial charge in [-0.15, -0.1) is 0 Å². The van der Waals surface area contributed by atoms with Crippen LogP contribution in [-0.2, 0) is 0 Å². The smallest absolute Gasteiger partial charge is 0.352 e. The number of halogens is 1. The summed E-state index contributed by atoms with van der Waals surface area (Å²) in [6, 6.07) is 2.02. The van der Waals surface area contributed by atoms with Crippen LogP contribution in [0.1, 0.15) is 35.8 Å². The predicted molar refractivity (Wildman–Crippen MR) is 69.3 cm³/mol. The van der Waals surface area contributed by atoms with Gasteiger partial charge in [-0.25, -0.2) is 4.79 Å². The predicted octanol–water partition coefficient (Wildman–Crippen LogP) is 3.41. The number of nitrogens with zero attached hydrogens (tertiary/aromatic N) is 1. The monoisotopic (exact) mass is 303 g/mol. The molecule has 2 atom stereocenters. The van der Waals surface area contributed by atoms with Crippen LogP contribution in [0.5, 0.6) is 0 Å². The highest BCUT2D eigenvalue weighted by Crippen LogP contribution is 2.37. The van der Waals surface area contributed by atoms with Crippen molar-refractivity contribution in [3.63, 3.8) is 0 Å². The van der Waals surface area contributed by atoms with Crippen molar-refractivity contribution in [2.75, 3.05) is 6.26 Å². The first-order valence-corrected chi connectivity index (χ1v) is 7.33. The number of aromatic carboxylic acids is 1. The average molecular weight is 304 g/mol. The van der Waals surface area contributed by atoms with E-state index in [2.05, 4.69) is 22.2 Å². The van der Waals surface area contributed by atoms with Crippen LogP contribution in [0.4, 0.5) is 0 Å². The van der Waals surface area contributed by atoms with Gasteiger partial charge in [0.15, 0.2) is 0 Å². The molecule has 0 saturated heterocycles. The van der Waals surface area contributed by atoms with Crippen LogP contribution in [0.25, 0.3) is 0 Å². The number of rotatable bonds is 3. The fraction of sp³-hybridized carbons (Fsp3) is 0.545. The SMILES string of the molecule is CSC1CCC(n2cc(Br)cc2C(=O)O)C1. The molecule has 0 aliphatic heterocycles. The Kier molecular flexibility index (Phi) is 3.64. The summed E-state index contributed by atoms with van der Waals surface area (Å²) in [4.78, 5) is 11.1. The van der Waals surface area contributed by atoms with Crippen LogP contribution in [0.2, 0.25) is 0 Å². The molecule has 1 aliphatic carbocycles. The fourth-order valence-corrected chi connectivity index (χ4v) is 3.53. The zero-order valence-corrected chi connectivity index (χ0v) is 11.4. The third kappa shape index (κ3) is 2.30. The number of carboxylic acid groups (broad SMARTS) is 1. The summed E-state index contributed by atoms with van der Waals surface area (Å²) >= 11 is 5.22. The van der Waals surface area contributed by atoms with Crippen LogP contribution in [0.15, 0.2) is 16.7 Å². The zero-order valence-electron chi connectivity index (χ0n) is 9.02. The fourth-order valence-electron chi connectivity index (χ4n) is 2.30. The van der Waals surface area contributed by atoms with Crippen molar-refractivity contribution < 1.29 is 9.90 Å². The lowest BCUT2D eigenvalue weighted by atomic mass is 10.2. The molecule has 0 aromatic carbocycles. The van der Waals surface area contributed by atoms with Gasteiger partial charge in [-0.1, -0.05) is 0 Å². The summed E-state index contributed by atoms with van der Waals surface area (Å²) in [6.45, 7) is 0. The van der Waals surface area contributed by atoms with Gasteiger partial charge in [0.2, 0.25) is 0 Å². The van der Waals surface area contributed by atoms with E-state index in [-0.39, 0.29) is 0 Å². The maximum Gasteiger partial charge on any atom is 0.352 e. The van der Waals surface area contributed by atoms with Gasteiger partial charge in [-0.2, -0.15) is 11.8 Å². The van der Waals surface area contributed by atoms with E-state index < -0.39 is 5.97 Å². The summed E-state index contributed by atoms with van der Waals surface area (Å²) in [5.74, 6) is -0.849. The van der Waals surface area contributed by atoms with E-state index >= 15 is 0 Å². The highest BCUT2D eigenvalue weighted by atomic mass is 79.9. The molecule has 3 nitrogen and oxygen atoms in total. The number of carbonyl (C=O) groups is 1. The van der Waals surface area contributed by atoms with Crippen molar-refractivity contribution in [2.24, 2.45) is 0 Å². The van der Waals surface area contributed by atoms with Gasteiger partial charge in [0.05, 0.1) is 0 Å². The van der Waals surface area contributed by atoms with Gasteiger partial charge in [0.1, 0.15) is 5.69 Å². The summed E-state index contributed by atoms with van der Waals surface area (Å²) in [6.07, 6.45) is 7.34. The Morgan fingerprint density at radius 1 is 1.62 bits per heavy atom. The normalized spacial score (nSPS) is 24.9. The van der Waals surface area contributed by atoms with Crippen LogP contribution >= 0.6 is 27.7 Å². The van der Waals surface area contributed by atoms with Gasteiger partial charge in [-0.05, 0) is 47.5 Å². The topological polar surface area (TPSA) is 42.2 Å². The number of hydrogen-bond acceptors (Lipinski definition) is 2. The summed E-state index contributed by atoms with van der Waals surface area (Å²) in [5.41, 5.74) is 0.388. The minimum Gasteiger partial charge on any atom is -0.477 e. The largest absolute Gasteiger partial charge is 0.477 e. The zero-order chi connectivity index (χ0) is 11.7. The van der Waals surface area contributed by atoms with Gasteiger partial charge in [0, 0.05) is 22.0 Å². The molecule has 0 amide bonds. The molecular formula is C11H14BrNO2S. The van der Waals surface area contributed by atoms with E-state index in [1.807, 2.05) is 22.5 Å². The van der Waals surface area contributed by atoms with Crippen molar-refractivity contribution in [1.29, 1.82) is 0 Å². The summed E-state index contributed by atoms with van der Waals surface area (Å²) in [5, 5.41) is 9.79. The molecule has 1 aliphatic rings. The molecule has 2 unspecified atom stereocenters. The van der Waals surface area contributed by atoms with E-state index in [4.69, 9.17) is 5.11 Å². The van der Waals surface area contributed by atoms with E-state index in [0.717, 1.165) is 17.3 Å². The average Bonchev–Trinajstić information content (AvgIpc) is 2.82. The maximum atomic E-state index is 11.1. The lowest BCUT2D eigenvalue weighted by Crippen LogP contribution is -2.12. The lowest BCUT2D eigenvalue weighted by molar-refractivity contribution is 0.0682. The summed E-state index contributed by atoms with van der Waals surface area (Å²) < 4.78 is 2.75. The molecule has 5 heteroatoms. The Balaban J connectivity index is 2.23.